The third-order valence-electron chi connectivity index (χ3n) is 3.75. The second kappa shape index (κ2) is 7.45. The summed E-state index contributed by atoms with van der Waals surface area (Å²) in [7, 11) is 0. The van der Waals surface area contributed by atoms with Crippen molar-refractivity contribution in [3.05, 3.63) is 0 Å². The minimum absolute atomic E-state index is 0.0895. The van der Waals surface area contributed by atoms with E-state index >= 15 is 0 Å². The molecule has 6 nitrogen and oxygen atoms in total. The molecule has 0 radical (unpaired) electrons. The van der Waals surface area contributed by atoms with Crippen LogP contribution in [0.15, 0.2) is 0 Å². The zero-order chi connectivity index (χ0) is 14.4. The molecule has 0 bridgehead atoms. The fourth-order valence-corrected chi connectivity index (χ4v) is 2.46. The van der Waals surface area contributed by atoms with Crippen LogP contribution in [0.4, 0.5) is 0 Å². The van der Waals surface area contributed by atoms with Gasteiger partial charge in [0.25, 0.3) is 0 Å². The first-order valence-electron chi connectivity index (χ1n) is 6.96. The van der Waals surface area contributed by atoms with E-state index in [0.717, 1.165) is 26.2 Å². The summed E-state index contributed by atoms with van der Waals surface area (Å²) in [4.78, 5) is 28.8. The number of hydrogen-bond acceptors (Lipinski definition) is 4. The second-order valence-electron chi connectivity index (χ2n) is 4.89. The smallest absolute Gasteiger partial charge is 0.317 e. The molecule has 19 heavy (non-hydrogen) atoms. The number of carbonyl (C=O) groups is 2. The van der Waals surface area contributed by atoms with Crippen LogP contribution in [0, 0.1) is 0 Å². The van der Waals surface area contributed by atoms with Crippen LogP contribution in [0.2, 0.25) is 0 Å². The summed E-state index contributed by atoms with van der Waals surface area (Å²) in [6, 6.07) is -0.119. The normalized spacial score (nSPS) is 19.1. The van der Waals surface area contributed by atoms with Crippen molar-refractivity contribution in [2.75, 3.05) is 45.8 Å². The second-order valence-corrected chi connectivity index (χ2v) is 4.89. The minimum Gasteiger partial charge on any atom is -0.480 e. The fourth-order valence-electron chi connectivity index (χ4n) is 2.46. The SMILES string of the molecule is CCN(CC)C(=O)C(C)N1CCN(CC(=O)O)CC1. The van der Waals surface area contributed by atoms with E-state index in [-0.39, 0.29) is 18.5 Å². The summed E-state index contributed by atoms with van der Waals surface area (Å²) in [5.74, 6) is -0.627. The fraction of sp³-hybridized carbons (Fsp3) is 0.846. The molecule has 1 N–H and O–H groups in total. The molecule has 1 unspecified atom stereocenters. The van der Waals surface area contributed by atoms with E-state index in [9.17, 15) is 9.59 Å². The van der Waals surface area contributed by atoms with Gasteiger partial charge in [0.05, 0.1) is 12.6 Å². The maximum Gasteiger partial charge on any atom is 0.317 e. The van der Waals surface area contributed by atoms with E-state index in [2.05, 4.69) is 4.90 Å². The molecule has 1 saturated heterocycles. The Hall–Kier alpha value is -1.14. The molecule has 0 aliphatic carbocycles. The van der Waals surface area contributed by atoms with Crippen LogP contribution in [-0.2, 0) is 9.59 Å². The lowest BCUT2D eigenvalue weighted by atomic mass is 10.2. The number of piperazine rings is 1. The summed E-state index contributed by atoms with van der Waals surface area (Å²) < 4.78 is 0. The lowest BCUT2D eigenvalue weighted by Gasteiger charge is -2.38. The van der Waals surface area contributed by atoms with Gasteiger partial charge in [0.2, 0.25) is 5.91 Å². The molecule has 0 aromatic rings. The topological polar surface area (TPSA) is 64.1 Å². The highest BCUT2D eigenvalue weighted by molar-refractivity contribution is 5.81. The zero-order valence-electron chi connectivity index (χ0n) is 12.1. The number of rotatable bonds is 6. The van der Waals surface area contributed by atoms with Crippen molar-refractivity contribution in [3.63, 3.8) is 0 Å². The summed E-state index contributed by atoms with van der Waals surface area (Å²) in [5.41, 5.74) is 0. The van der Waals surface area contributed by atoms with Crippen molar-refractivity contribution in [1.82, 2.24) is 14.7 Å². The summed E-state index contributed by atoms with van der Waals surface area (Å²) in [5, 5.41) is 8.75. The Morgan fingerprint density at radius 2 is 1.68 bits per heavy atom. The highest BCUT2D eigenvalue weighted by Gasteiger charge is 2.28. The first kappa shape index (κ1) is 15.9. The van der Waals surface area contributed by atoms with Crippen LogP contribution in [0.3, 0.4) is 0 Å². The molecule has 110 valence electrons. The van der Waals surface area contributed by atoms with E-state index in [1.165, 1.54) is 0 Å². The molecule has 1 fully saturated rings. The van der Waals surface area contributed by atoms with Gasteiger partial charge in [-0.1, -0.05) is 0 Å². The highest BCUT2D eigenvalue weighted by atomic mass is 16.4. The van der Waals surface area contributed by atoms with Gasteiger partial charge in [-0.3, -0.25) is 19.4 Å². The lowest BCUT2D eigenvalue weighted by molar-refractivity contribution is -0.140. The minimum atomic E-state index is -0.791. The summed E-state index contributed by atoms with van der Waals surface area (Å²) in [6.45, 7) is 10.4. The Labute approximate surface area is 115 Å². The van der Waals surface area contributed by atoms with Gasteiger partial charge in [-0.25, -0.2) is 0 Å². The monoisotopic (exact) mass is 271 g/mol. The molecule has 1 heterocycles. The maximum atomic E-state index is 12.2. The number of carboxylic acids is 1. The van der Waals surface area contributed by atoms with Gasteiger partial charge in [-0.15, -0.1) is 0 Å². The number of hydrogen-bond donors (Lipinski definition) is 1. The molecular formula is C13H25N3O3. The van der Waals surface area contributed by atoms with Gasteiger partial charge in [0.1, 0.15) is 0 Å². The maximum absolute atomic E-state index is 12.2. The Bertz CT molecular complexity index is 310. The molecule has 1 aliphatic heterocycles. The zero-order valence-corrected chi connectivity index (χ0v) is 12.1. The van der Waals surface area contributed by atoms with Crippen molar-refractivity contribution in [1.29, 1.82) is 0 Å². The Morgan fingerprint density at radius 1 is 1.16 bits per heavy atom. The number of carbonyl (C=O) groups excluding carboxylic acids is 1. The largest absolute Gasteiger partial charge is 0.480 e. The molecular weight excluding hydrogens is 246 g/mol. The van der Waals surface area contributed by atoms with Crippen LogP contribution >= 0.6 is 0 Å². The van der Waals surface area contributed by atoms with Crippen molar-refractivity contribution in [2.45, 2.75) is 26.8 Å². The van der Waals surface area contributed by atoms with E-state index in [1.807, 2.05) is 30.6 Å². The lowest BCUT2D eigenvalue weighted by Crippen LogP contribution is -2.55. The number of aliphatic carboxylic acids is 1. The predicted octanol–water partition coefficient (Wildman–Crippen LogP) is -0.0545. The first-order chi connectivity index (χ1) is 8.99. The number of nitrogens with zero attached hydrogens (tertiary/aromatic N) is 3. The Balaban J connectivity index is 2.46. The molecule has 6 heteroatoms. The third-order valence-corrected chi connectivity index (χ3v) is 3.75. The van der Waals surface area contributed by atoms with Gasteiger partial charge in [0, 0.05) is 39.3 Å². The number of carboxylic acid groups (broad SMARTS) is 1. The molecule has 1 amide bonds. The van der Waals surface area contributed by atoms with Crippen LogP contribution in [0.1, 0.15) is 20.8 Å². The standard InChI is InChI=1S/C13H25N3O3/c1-4-15(5-2)13(19)11(3)16-8-6-14(7-9-16)10-12(17)18/h11H,4-10H2,1-3H3,(H,17,18). The molecule has 0 aromatic carbocycles. The van der Waals surface area contributed by atoms with Crippen LogP contribution < -0.4 is 0 Å². The van der Waals surface area contributed by atoms with E-state index in [0.29, 0.717) is 13.1 Å². The van der Waals surface area contributed by atoms with Gasteiger partial charge >= 0.3 is 5.97 Å². The Morgan fingerprint density at radius 3 is 2.11 bits per heavy atom. The number of amides is 1. The quantitative estimate of drug-likeness (QED) is 0.733. The number of likely N-dealkylation sites (N-methyl/N-ethyl adjacent to an activating group) is 1. The average Bonchev–Trinajstić information content (AvgIpc) is 2.39. The van der Waals surface area contributed by atoms with E-state index < -0.39 is 5.97 Å². The molecule has 0 aromatic heterocycles. The van der Waals surface area contributed by atoms with E-state index in [4.69, 9.17) is 5.11 Å². The van der Waals surface area contributed by atoms with Gasteiger partial charge < -0.3 is 10.0 Å². The van der Waals surface area contributed by atoms with Crippen molar-refractivity contribution < 1.29 is 14.7 Å². The third kappa shape index (κ3) is 4.47. The Kier molecular flexibility index (Phi) is 6.24. The summed E-state index contributed by atoms with van der Waals surface area (Å²) >= 11 is 0. The van der Waals surface area contributed by atoms with Crippen molar-refractivity contribution >= 4 is 11.9 Å². The molecule has 1 aliphatic rings. The summed E-state index contributed by atoms with van der Waals surface area (Å²) in [6.07, 6.45) is 0. The van der Waals surface area contributed by atoms with Gasteiger partial charge in [0.15, 0.2) is 0 Å². The first-order valence-corrected chi connectivity index (χ1v) is 6.96. The molecule has 1 rings (SSSR count). The van der Waals surface area contributed by atoms with Crippen molar-refractivity contribution in [3.8, 4) is 0 Å². The van der Waals surface area contributed by atoms with E-state index in [1.54, 1.807) is 0 Å². The van der Waals surface area contributed by atoms with Gasteiger partial charge in [-0.2, -0.15) is 0 Å². The van der Waals surface area contributed by atoms with Gasteiger partial charge in [-0.05, 0) is 20.8 Å². The highest BCUT2D eigenvalue weighted by Crippen LogP contribution is 2.09. The van der Waals surface area contributed by atoms with Crippen LogP contribution in [0.5, 0.6) is 0 Å². The van der Waals surface area contributed by atoms with Crippen LogP contribution in [0.25, 0.3) is 0 Å². The molecule has 1 atom stereocenters. The molecule has 0 spiro atoms. The van der Waals surface area contributed by atoms with Crippen molar-refractivity contribution in [2.24, 2.45) is 0 Å². The molecule has 0 saturated carbocycles. The van der Waals surface area contributed by atoms with Crippen LogP contribution in [-0.4, -0.2) is 83.5 Å². The predicted molar refractivity (Wildman–Crippen MR) is 73.0 cm³/mol. The average molecular weight is 271 g/mol.